The van der Waals surface area contributed by atoms with Crippen LogP contribution in [0.1, 0.15) is 15.9 Å². The fourth-order valence-corrected chi connectivity index (χ4v) is 2.97. The molecule has 1 heterocycles. The van der Waals surface area contributed by atoms with Crippen molar-refractivity contribution in [1.29, 1.82) is 0 Å². The number of amides is 1. The Balaban J connectivity index is 1.70. The minimum atomic E-state index is -0.198. The summed E-state index contributed by atoms with van der Waals surface area (Å²) in [6, 6.07) is 12.7. The summed E-state index contributed by atoms with van der Waals surface area (Å²) in [5.41, 5.74) is 2.15. The summed E-state index contributed by atoms with van der Waals surface area (Å²) in [7, 11) is 0. The van der Waals surface area contributed by atoms with E-state index in [0.29, 0.717) is 27.8 Å². The number of benzene rings is 2. The van der Waals surface area contributed by atoms with Crippen LogP contribution in [-0.4, -0.2) is 15.7 Å². The molecule has 2 aromatic carbocycles. The first kappa shape index (κ1) is 17.0. The van der Waals surface area contributed by atoms with Gasteiger partial charge in [0.05, 0.1) is 34.0 Å². The van der Waals surface area contributed by atoms with Crippen LogP contribution < -0.4 is 5.32 Å². The van der Waals surface area contributed by atoms with E-state index < -0.39 is 0 Å². The summed E-state index contributed by atoms with van der Waals surface area (Å²) in [4.78, 5) is 12.3. The summed E-state index contributed by atoms with van der Waals surface area (Å²) in [6.45, 7) is 0.530. The number of nitrogens with zero attached hydrogens (tertiary/aromatic N) is 2. The van der Waals surface area contributed by atoms with Crippen LogP contribution in [0, 0.1) is 0 Å². The molecule has 0 atom stereocenters. The minimum absolute atomic E-state index is 0.198. The molecule has 1 amide bonds. The van der Waals surface area contributed by atoms with E-state index in [4.69, 9.17) is 23.2 Å². The second-order valence-corrected chi connectivity index (χ2v) is 6.78. The van der Waals surface area contributed by atoms with Gasteiger partial charge in [0, 0.05) is 10.7 Å². The molecule has 0 saturated carbocycles. The van der Waals surface area contributed by atoms with Gasteiger partial charge in [0.2, 0.25) is 0 Å². The molecule has 1 aromatic heterocycles. The van der Waals surface area contributed by atoms with E-state index in [2.05, 4.69) is 26.3 Å². The lowest BCUT2D eigenvalue weighted by atomic mass is 10.2. The quantitative estimate of drug-likeness (QED) is 0.621. The van der Waals surface area contributed by atoms with Crippen molar-refractivity contribution in [2.24, 2.45) is 0 Å². The Kier molecular flexibility index (Phi) is 5.23. The first-order valence-corrected chi connectivity index (χ1v) is 8.60. The van der Waals surface area contributed by atoms with Crippen molar-refractivity contribution < 1.29 is 4.79 Å². The monoisotopic (exact) mass is 423 g/mol. The van der Waals surface area contributed by atoms with Crippen LogP contribution >= 0.6 is 39.1 Å². The number of aromatic nitrogens is 2. The van der Waals surface area contributed by atoms with Crippen molar-refractivity contribution in [2.75, 3.05) is 5.32 Å². The number of hydrogen-bond acceptors (Lipinski definition) is 2. The van der Waals surface area contributed by atoms with Crippen LogP contribution in [-0.2, 0) is 6.54 Å². The van der Waals surface area contributed by atoms with Gasteiger partial charge in [-0.1, -0.05) is 41.4 Å². The van der Waals surface area contributed by atoms with Gasteiger partial charge in [0.15, 0.2) is 0 Å². The zero-order chi connectivity index (χ0) is 17.1. The highest BCUT2D eigenvalue weighted by molar-refractivity contribution is 9.10. The highest BCUT2D eigenvalue weighted by Gasteiger charge is 2.10. The Morgan fingerprint density at radius 2 is 1.96 bits per heavy atom. The number of halogens is 3. The summed E-state index contributed by atoms with van der Waals surface area (Å²) < 4.78 is 2.46. The molecule has 0 aliphatic heterocycles. The molecule has 7 heteroatoms. The van der Waals surface area contributed by atoms with Gasteiger partial charge in [-0.05, 0) is 45.8 Å². The van der Waals surface area contributed by atoms with Crippen molar-refractivity contribution in [2.45, 2.75) is 6.54 Å². The summed E-state index contributed by atoms with van der Waals surface area (Å²) in [5, 5.41) is 8.09. The zero-order valence-electron chi connectivity index (χ0n) is 12.3. The zero-order valence-corrected chi connectivity index (χ0v) is 15.4. The average molecular weight is 425 g/mol. The van der Waals surface area contributed by atoms with Crippen LogP contribution in [0.15, 0.2) is 59.3 Å². The number of carbonyl (C=O) groups is 1. The lowest BCUT2D eigenvalue weighted by molar-refractivity contribution is 0.102. The Morgan fingerprint density at radius 3 is 2.71 bits per heavy atom. The van der Waals surface area contributed by atoms with Gasteiger partial charge in [-0.2, -0.15) is 5.10 Å². The highest BCUT2D eigenvalue weighted by Crippen LogP contribution is 2.23. The maximum atomic E-state index is 12.3. The van der Waals surface area contributed by atoms with Gasteiger partial charge < -0.3 is 5.32 Å². The highest BCUT2D eigenvalue weighted by atomic mass is 79.9. The predicted molar refractivity (Wildman–Crippen MR) is 99.9 cm³/mol. The summed E-state index contributed by atoms with van der Waals surface area (Å²) in [5.74, 6) is -0.198. The molecule has 122 valence electrons. The Labute approximate surface area is 157 Å². The van der Waals surface area contributed by atoms with Crippen molar-refractivity contribution in [3.8, 4) is 0 Å². The fraction of sp³-hybridized carbons (Fsp3) is 0.0588. The standard InChI is InChI=1S/C17H12BrCl2N3O/c18-14-4-2-1-3-13(14)17(24)22-12-8-21-23(10-12)9-11-5-6-15(19)16(20)7-11/h1-8,10H,9H2,(H,22,24). The molecule has 0 saturated heterocycles. The molecule has 24 heavy (non-hydrogen) atoms. The largest absolute Gasteiger partial charge is 0.319 e. The molecule has 1 N–H and O–H groups in total. The normalized spacial score (nSPS) is 10.6. The SMILES string of the molecule is O=C(Nc1cnn(Cc2ccc(Cl)c(Cl)c2)c1)c1ccccc1Br. The molecule has 0 spiro atoms. The van der Waals surface area contributed by atoms with Crippen molar-refractivity contribution in [3.63, 3.8) is 0 Å². The Hall–Kier alpha value is -1.82. The number of carbonyl (C=O) groups excluding carboxylic acids is 1. The maximum absolute atomic E-state index is 12.3. The van der Waals surface area contributed by atoms with Crippen LogP contribution in [0.5, 0.6) is 0 Å². The fourth-order valence-electron chi connectivity index (χ4n) is 2.18. The molecule has 0 fully saturated rings. The van der Waals surface area contributed by atoms with Crippen molar-refractivity contribution in [3.05, 3.63) is 80.5 Å². The summed E-state index contributed by atoms with van der Waals surface area (Å²) >= 11 is 15.3. The van der Waals surface area contributed by atoms with Gasteiger partial charge in [-0.25, -0.2) is 0 Å². The molecule has 3 aromatic rings. The lowest BCUT2D eigenvalue weighted by Crippen LogP contribution is -2.12. The molecule has 0 unspecified atom stereocenters. The van der Waals surface area contributed by atoms with Crippen LogP contribution in [0.4, 0.5) is 5.69 Å². The maximum Gasteiger partial charge on any atom is 0.256 e. The molecular weight excluding hydrogens is 413 g/mol. The molecular formula is C17H12BrCl2N3O. The summed E-state index contributed by atoms with van der Waals surface area (Å²) in [6.07, 6.45) is 3.36. The van der Waals surface area contributed by atoms with Crippen molar-refractivity contribution in [1.82, 2.24) is 9.78 Å². The Morgan fingerprint density at radius 1 is 1.17 bits per heavy atom. The smallest absolute Gasteiger partial charge is 0.256 e. The van der Waals surface area contributed by atoms with E-state index in [0.717, 1.165) is 10.0 Å². The van der Waals surface area contributed by atoms with Crippen LogP contribution in [0.2, 0.25) is 10.0 Å². The second-order valence-electron chi connectivity index (χ2n) is 5.11. The van der Waals surface area contributed by atoms with Gasteiger partial charge >= 0.3 is 0 Å². The van der Waals surface area contributed by atoms with E-state index in [1.807, 2.05) is 24.3 Å². The first-order valence-electron chi connectivity index (χ1n) is 7.05. The number of hydrogen-bond donors (Lipinski definition) is 1. The van der Waals surface area contributed by atoms with Gasteiger partial charge in [0.1, 0.15) is 0 Å². The van der Waals surface area contributed by atoms with E-state index in [-0.39, 0.29) is 5.91 Å². The second kappa shape index (κ2) is 7.38. The molecule has 0 aliphatic carbocycles. The minimum Gasteiger partial charge on any atom is -0.319 e. The van der Waals surface area contributed by atoms with Crippen LogP contribution in [0.3, 0.4) is 0 Å². The third kappa shape index (κ3) is 3.98. The first-order chi connectivity index (χ1) is 11.5. The number of rotatable bonds is 4. The van der Waals surface area contributed by atoms with E-state index >= 15 is 0 Å². The van der Waals surface area contributed by atoms with E-state index in [1.54, 1.807) is 35.3 Å². The Bertz CT molecular complexity index is 895. The van der Waals surface area contributed by atoms with Crippen molar-refractivity contribution >= 4 is 50.7 Å². The number of anilines is 1. The topological polar surface area (TPSA) is 46.9 Å². The molecule has 4 nitrogen and oxygen atoms in total. The van der Waals surface area contributed by atoms with Gasteiger partial charge in [-0.15, -0.1) is 0 Å². The lowest BCUT2D eigenvalue weighted by Gasteiger charge is -2.05. The predicted octanol–water partition coefficient (Wildman–Crippen LogP) is 5.25. The molecule has 0 aliphatic rings. The number of nitrogens with one attached hydrogen (secondary N) is 1. The average Bonchev–Trinajstić information content (AvgIpc) is 2.98. The molecule has 0 bridgehead atoms. The third-order valence-electron chi connectivity index (χ3n) is 3.34. The van der Waals surface area contributed by atoms with E-state index in [9.17, 15) is 4.79 Å². The van der Waals surface area contributed by atoms with Gasteiger partial charge in [-0.3, -0.25) is 9.48 Å². The van der Waals surface area contributed by atoms with Gasteiger partial charge in [0.25, 0.3) is 5.91 Å². The molecule has 3 rings (SSSR count). The van der Waals surface area contributed by atoms with Crippen LogP contribution in [0.25, 0.3) is 0 Å². The molecule has 0 radical (unpaired) electrons. The van der Waals surface area contributed by atoms with E-state index in [1.165, 1.54) is 0 Å². The third-order valence-corrected chi connectivity index (χ3v) is 4.77.